The van der Waals surface area contributed by atoms with Gasteiger partial charge in [-0.2, -0.15) is 0 Å². The van der Waals surface area contributed by atoms with Crippen molar-refractivity contribution in [3.05, 3.63) is 183 Å². The van der Waals surface area contributed by atoms with Crippen LogP contribution in [0.5, 0.6) is 0 Å². The van der Waals surface area contributed by atoms with Crippen LogP contribution in [-0.4, -0.2) is 52.0 Å². The first-order chi connectivity index (χ1) is 34.0. The van der Waals surface area contributed by atoms with Gasteiger partial charge in [0.15, 0.2) is 0 Å². The van der Waals surface area contributed by atoms with Gasteiger partial charge in [-0.15, -0.1) is 11.6 Å². The van der Waals surface area contributed by atoms with Crippen LogP contribution in [0.3, 0.4) is 0 Å². The molecule has 0 bridgehead atoms. The number of rotatable bonds is 15. The van der Waals surface area contributed by atoms with Crippen molar-refractivity contribution in [2.45, 2.75) is 76.2 Å². The lowest BCUT2D eigenvalue weighted by Gasteiger charge is -2.22. The van der Waals surface area contributed by atoms with E-state index in [1.807, 2.05) is 79.7 Å². The summed E-state index contributed by atoms with van der Waals surface area (Å²) in [5.74, 6) is 2.15. The molecule has 69 heavy (non-hydrogen) atoms. The third-order valence-corrected chi connectivity index (χ3v) is 10.5. The molecule has 8 rings (SSSR count). The number of alkyl halides is 1. The van der Waals surface area contributed by atoms with Gasteiger partial charge in [-0.05, 0) is 104 Å². The summed E-state index contributed by atoms with van der Waals surface area (Å²) < 4.78 is 0. The number of nitrogens with zero attached hydrogens (tertiary/aromatic N) is 6. The van der Waals surface area contributed by atoms with Crippen molar-refractivity contribution < 1.29 is 0 Å². The van der Waals surface area contributed by atoms with Crippen LogP contribution in [0.2, 0.25) is 0 Å². The molecule has 0 radical (unpaired) electrons. The third-order valence-electron chi connectivity index (χ3n) is 10.4. The molecule has 2 N–H and O–H groups in total. The third kappa shape index (κ3) is 17.5. The van der Waals surface area contributed by atoms with E-state index in [-0.39, 0.29) is 0 Å². The SMILES string of the molecule is CC.CC.CC.CC.CCN(CC)c1ccc(Nc2cc(-c3cccc(-c4ccccc4)c3)ncn2)cc1.CCN(CCCl)c1ccc(Nc2cc(-c3cccc(-c4ccccc4)c3)ncn2)cc1. The molecular weight excluding hydrogens is 868 g/mol. The van der Waals surface area contributed by atoms with Crippen molar-refractivity contribution in [2.24, 2.45) is 0 Å². The monoisotopic (exact) mass is 943 g/mol. The maximum atomic E-state index is 5.91. The van der Waals surface area contributed by atoms with Crippen LogP contribution in [0.25, 0.3) is 44.8 Å². The second kappa shape index (κ2) is 32.6. The Hall–Kier alpha value is -7.03. The van der Waals surface area contributed by atoms with E-state index in [0.29, 0.717) is 5.88 Å². The van der Waals surface area contributed by atoms with Gasteiger partial charge in [0.2, 0.25) is 0 Å². The van der Waals surface area contributed by atoms with E-state index in [1.54, 1.807) is 12.7 Å². The molecule has 0 atom stereocenters. The fourth-order valence-corrected chi connectivity index (χ4v) is 7.32. The first-order valence-corrected chi connectivity index (χ1v) is 25.3. The van der Waals surface area contributed by atoms with Gasteiger partial charge in [0.1, 0.15) is 24.3 Å². The number of aromatic nitrogens is 4. The van der Waals surface area contributed by atoms with Gasteiger partial charge in [-0.1, -0.05) is 152 Å². The van der Waals surface area contributed by atoms with Crippen molar-refractivity contribution in [3.8, 4) is 44.8 Å². The molecule has 9 heteroatoms. The summed E-state index contributed by atoms with van der Waals surface area (Å²) in [6.07, 6.45) is 3.21. The Kier molecular flexibility index (Phi) is 26.6. The van der Waals surface area contributed by atoms with Crippen molar-refractivity contribution >= 4 is 46.0 Å². The molecule has 6 aromatic carbocycles. The zero-order valence-corrected chi connectivity index (χ0v) is 43.7. The lowest BCUT2D eigenvalue weighted by molar-refractivity contribution is 0.866. The summed E-state index contributed by atoms with van der Waals surface area (Å²) >= 11 is 5.91. The van der Waals surface area contributed by atoms with E-state index >= 15 is 0 Å². The lowest BCUT2D eigenvalue weighted by atomic mass is 10.0. The van der Waals surface area contributed by atoms with E-state index in [4.69, 9.17) is 11.6 Å². The topological polar surface area (TPSA) is 82.1 Å². The van der Waals surface area contributed by atoms with Gasteiger partial charge in [-0.25, -0.2) is 19.9 Å². The molecular formula is C60H75ClN8. The molecule has 2 heterocycles. The van der Waals surface area contributed by atoms with Gasteiger partial charge < -0.3 is 20.4 Å². The molecule has 0 unspecified atom stereocenters. The molecule has 0 saturated carbocycles. The number of nitrogens with one attached hydrogen (secondary N) is 2. The molecule has 0 aliphatic rings. The Labute approximate surface area is 420 Å². The number of hydrogen-bond acceptors (Lipinski definition) is 8. The van der Waals surface area contributed by atoms with E-state index in [1.165, 1.54) is 27.9 Å². The van der Waals surface area contributed by atoms with Crippen LogP contribution in [0, 0.1) is 0 Å². The summed E-state index contributed by atoms with van der Waals surface area (Å²) in [4.78, 5) is 22.3. The molecule has 362 valence electrons. The highest BCUT2D eigenvalue weighted by molar-refractivity contribution is 6.18. The Morgan fingerprint density at radius 2 is 0.725 bits per heavy atom. The average Bonchev–Trinajstić information content (AvgIpc) is 3.44. The Morgan fingerprint density at radius 1 is 0.377 bits per heavy atom. The van der Waals surface area contributed by atoms with Crippen molar-refractivity contribution in [2.75, 3.05) is 52.5 Å². The predicted molar refractivity (Wildman–Crippen MR) is 303 cm³/mol. The molecule has 0 fully saturated rings. The molecule has 8 nitrogen and oxygen atoms in total. The number of halogens is 1. The highest BCUT2D eigenvalue weighted by Crippen LogP contribution is 2.29. The molecule has 0 aliphatic carbocycles. The minimum atomic E-state index is 0.614. The fourth-order valence-electron chi connectivity index (χ4n) is 7.11. The van der Waals surface area contributed by atoms with Gasteiger partial charge in [0.25, 0.3) is 0 Å². The molecule has 2 aromatic heterocycles. The smallest absolute Gasteiger partial charge is 0.134 e. The molecule has 8 aromatic rings. The van der Waals surface area contributed by atoms with Crippen LogP contribution in [0.15, 0.2) is 183 Å². The first-order valence-electron chi connectivity index (χ1n) is 24.8. The predicted octanol–water partition coefficient (Wildman–Crippen LogP) is 17.1. The lowest BCUT2D eigenvalue weighted by Crippen LogP contribution is -2.24. The maximum absolute atomic E-state index is 5.91. The van der Waals surface area contributed by atoms with Gasteiger partial charge in [-0.3, -0.25) is 0 Å². The van der Waals surface area contributed by atoms with Crippen LogP contribution >= 0.6 is 11.6 Å². The highest BCUT2D eigenvalue weighted by Gasteiger charge is 2.09. The standard InChI is InChI=1S/C26H25ClN4.C26H26N4.4C2H6/c1-2-31(16-15-27)24-13-11-23(12-14-24)30-26-18-25(28-19-29-26)22-10-6-9-21(17-22)20-7-4-3-5-8-20;1-3-30(4-2)24-15-13-23(14-16-24)29-26-18-25(27-19-28-26)22-12-8-11-21(17-22)20-9-6-5-7-10-20;4*1-2/h3-14,17-19H,2,15-16H2,1H3,(H,28,29,30);5-19H,3-4H2,1-2H3,(H,27,28,29);4*1-2H3. The number of benzene rings is 6. The molecule has 0 amide bonds. The van der Waals surface area contributed by atoms with Crippen molar-refractivity contribution in [1.82, 2.24) is 19.9 Å². The van der Waals surface area contributed by atoms with E-state index < -0.39 is 0 Å². The summed E-state index contributed by atoms with van der Waals surface area (Å²) in [5.41, 5.74) is 13.0. The minimum Gasteiger partial charge on any atom is -0.372 e. The Morgan fingerprint density at radius 3 is 1.09 bits per heavy atom. The van der Waals surface area contributed by atoms with Crippen LogP contribution in [0.4, 0.5) is 34.4 Å². The minimum absolute atomic E-state index is 0.614. The van der Waals surface area contributed by atoms with Gasteiger partial charge in [0.05, 0.1) is 11.4 Å². The van der Waals surface area contributed by atoms with Crippen molar-refractivity contribution in [3.63, 3.8) is 0 Å². The highest BCUT2D eigenvalue weighted by atomic mass is 35.5. The molecule has 0 saturated heterocycles. The van der Waals surface area contributed by atoms with E-state index in [2.05, 4.69) is 207 Å². The zero-order valence-electron chi connectivity index (χ0n) is 42.9. The summed E-state index contributed by atoms with van der Waals surface area (Å²) in [6.45, 7) is 26.2. The Bertz CT molecular complexity index is 2570. The second-order valence-corrected chi connectivity index (χ2v) is 14.6. The maximum Gasteiger partial charge on any atom is 0.134 e. The van der Waals surface area contributed by atoms with Crippen LogP contribution in [0.1, 0.15) is 76.2 Å². The van der Waals surface area contributed by atoms with Crippen LogP contribution in [-0.2, 0) is 0 Å². The first kappa shape index (κ1) is 56.3. The normalized spacial score (nSPS) is 9.74. The summed E-state index contributed by atoms with van der Waals surface area (Å²) in [5, 5.41) is 6.77. The Balaban J connectivity index is 0.000000320. The molecule has 0 aliphatic heterocycles. The van der Waals surface area contributed by atoms with Crippen LogP contribution < -0.4 is 20.4 Å². The largest absolute Gasteiger partial charge is 0.372 e. The zero-order chi connectivity index (χ0) is 50.2. The average molecular weight is 944 g/mol. The number of anilines is 6. The van der Waals surface area contributed by atoms with Gasteiger partial charge >= 0.3 is 0 Å². The van der Waals surface area contributed by atoms with E-state index in [0.717, 1.165) is 77.4 Å². The van der Waals surface area contributed by atoms with Gasteiger partial charge in [0, 0.05) is 78.1 Å². The second-order valence-electron chi connectivity index (χ2n) is 14.3. The molecule has 0 spiro atoms. The quantitative estimate of drug-likeness (QED) is 0.0984. The van der Waals surface area contributed by atoms with E-state index in [9.17, 15) is 0 Å². The summed E-state index contributed by atoms with van der Waals surface area (Å²) in [7, 11) is 0. The van der Waals surface area contributed by atoms with Crippen molar-refractivity contribution in [1.29, 1.82) is 0 Å². The fraction of sp³-hybridized carbons (Fsp3) is 0.267. The summed E-state index contributed by atoms with van der Waals surface area (Å²) in [6, 6.07) is 58.3. The number of hydrogen-bond donors (Lipinski definition) is 2.